The minimum Gasteiger partial charge on any atom is -0.348 e. The second-order valence-corrected chi connectivity index (χ2v) is 9.68. The van der Waals surface area contributed by atoms with Gasteiger partial charge in [-0.15, -0.1) is 0 Å². The van der Waals surface area contributed by atoms with Gasteiger partial charge in [-0.25, -0.2) is 12.8 Å². The van der Waals surface area contributed by atoms with E-state index in [0.29, 0.717) is 5.56 Å². The molecule has 178 valence electrons. The van der Waals surface area contributed by atoms with Crippen LogP contribution in [0.15, 0.2) is 77.7 Å². The summed E-state index contributed by atoms with van der Waals surface area (Å²) in [6.45, 7) is 4.11. The standard InChI is InChI=1S/C25H26FN3O4S/c1-17(2)29(3)25(31)20-10-8-18(9-11-20)16-27-24(30)19-12-14-21(15-13-19)34(32,33)28-23-7-5-4-6-22(23)26/h4-15,17,28H,16H2,1-3H3,(H,27,30). The second-order valence-electron chi connectivity index (χ2n) is 8.00. The summed E-state index contributed by atoms with van der Waals surface area (Å²) in [6, 6.07) is 17.8. The van der Waals surface area contributed by atoms with E-state index in [2.05, 4.69) is 10.0 Å². The fourth-order valence-corrected chi connectivity index (χ4v) is 4.09. The second kappa shape index (κ2) is 10.5. The smallest absolute Gasteiger partial charge is 0.261 e. The van der Waals surface area contributed by atoms with E-state index in [9.17, 15) is 22.4 Å². The first kappa shape index (κ1) is 24.9. The molecular weight excluding hydrogens is 457 g/mol. The van der Waals surface area contributed by atoms with Crippen molar-refractivity contribution < 1.29 is 22.4 Å². The van der Waals surface area contributed by atoms with Gasteiger partial charge in [0, 0.05) is 30.8 Å². The minimum atomic E-state index is -4.01. The van der Waals surface area contributed by atoms with E-state index in [1.165, 1.54) is 42.5 Å². The third kappa shape index (κ3) is 5.99. The summed E-state index contributed by atoms with van der Waals surface area (Å²) >= 11 is 0. The molecule has 3 aromatic carbocycles. The summed E-state index contributed by atoms with van der Waals surface area (Å²) in [7, 11) is -2.27. The van der Waals surface area contributed by atoms with E-state index >= 15 is 0 Å². The summed E-state index contributed by atoms with van der Waals surface area (Å²) in [5.74, 6) is -1.15. The highest BCUT2D eigenvalue weighted by Crippen LogP contribution is 2.19. The lowest BCUT2D eigenvalue weighted by Gasteiger charge is -2.21. The molecule has 0 atom stereocenters. The van der Waals surface area contributed by atoms with Crippen LogP contribution in [-0.2, 0) is 16.6 Å². The molecule has 9 heteroatoms. The lowest BCUT2D eigenvalue weighted by Crippen LogP contribution is -2.32. The number of rotatable bonds is 8. The van der Waals surface area contributed by atoms with Crippen molar-refractivity contribution in [3.63, 3.8) is 0 Å². The Balaban J connectivity index is 1.61. The molecule has 0 aliphatic rings. The first-order valence-corrected chi connectivity index (χ1v) is 12.1. The van der Waals surface area contributed by atoms with Gasteiger partial charge in [-0.1, -0.05) is 24.3 Å². The Morgan fingerprint density at radius 1 is 0.912 bits per heavy atom. The van der Waals surface area contributed by atoms with Crippen LogP contribution in [0.5, 0.6) is 0 Å². The average molecular weight is 484 g/mol. The molecule has 0 aromatic heterocycles. The maximum Gasteiger partial charge on any atom is 0.261 e. The van der Waals surface area contributed by atoms with Gasteiger partial charge in [0.05, 0.1) is 10.6 Å². The van der Waals surface area contributed by atoms with Crippen molar-refractivity contribution in [2.75, 3.05) is 11.8 Å². The number of anilines is 1. The number of sulfonamides is 1. The molecule has 7 nitrogen and oxygen atoms in total. The van der Waals surface area contributed by atoms with Crippen LogP contribution >= 0.6 is 0 Å². The molecule has 0 radical (unpaired) electrons. The Hall–Kier alpha value is -3.72. The monoisotopic (exact) mass is 483 g/mol. The molecule has 3 rings (SSSR count). The van der Waals surface area contributed by atoms with Gasteiger partial charge in [0.2, 0.25) is 0 Å². The Labute approximate surface area is 198 Å². The molecule has 0 aliphatic heterocycles. The highest BCUT2D eigenvalue weighted by molar-refractivity contribution is 7.92. The number of halogens is 1. The van der Waals surface area contributed by atoms with Gasteiger partial charge in [0.1, 0.15) is 5.82 Å². The average Bonchev–Trinajstić information content (AvgIpc) is 2.83. The maximum atomic E-state index is 13.8. The van der Waals surface area contributed by atoms with Crippen molar-refractivity contribution >= 4 is 27.5 Å². The zero-order valence-corrected chi connectivity index (χ0v) is 19.9. The number of hydrogen-bond donors (Lipinski definition) is 2. The molecule has 0 aliphatic carbocycles. The zero-order chi connectivity index (χ0) is 24.9. The van der Waals surface area contributed by atoms with Gasteiger partial charge in [-0.2, -0.15) is 0 Å². The first-order chi connectivity index (χ1) is 16.1. The lowest BCUT2D eigenvalue weighted by molar-refractivity contribution is 0.0754. The molecule has 3 aromatic rings. The molecule has 0 spiro atoms. The van der Waals surface area contributed by atoms with Crippen LogP contribution in [0.2, 0.25) is 0 Å². The maximum absolute atomic E-state index is 13.8. The van der Waals surface area contributed by atoms with Crippen LogP contribution in [0.25, 0.3) is 0 Å². The van der Waals surface area contributed by atoms with Gasteiger partial charge in [0.25, 0.3) is 21.8 Å². The van der Waals surface area contributed by atoms with Crippen LogP contribution in [0.3, 0.4) is 0 Å². The van der Waals surface area contributed by atoms with E-state index in [1.807, 2.05) is 13.8 Å². The Kier molecular flexibility index (Phi) is 7.68. The molecule has 34 heavy (non-hydrogen) atoms. The summed E-state index contributed by atoms with van der Waals surface area (Å²) in [5.41, 5.74) is 1.49. The van der Waals surface area contributed by atoms with E-state index in [1.54, 1.807) is 36.2 Å². The van der Waals surface area contributed by atoms with Crippen molar-refractivity contribution in [3.8, 4) is 0 Å². The number of hydrogen-bond acceptors (Lipinski definition) is 4. The topological polar surface area (TPSA) is 95.6 Å². The predicted molar refractivity (Wildman–Crippen MR) is 128 cm³/mol. The highest BCUT2D eigenvalue weighted by atomic mass is 32.2. The summed E-state index contributed by atoms with van der Waals surface area (Å²) in [6.07, 6.45) is 0. The summed E-state index contributed by atoms with van der Waals surface area (Å²) in [4.78, 5) is 26.4. The van der Waals surface area contributed by atoms with Gasteiger partial charge in [-0.3, -0.25) is 14.3 Å². The van der Waals surface area contributed by atoms with Crippen LogP contribution in [0, 0.1) is 5.82 Å². The highest BCUT2D eigenvalue weighted by Gasteiger charge is 2.17. The molecule has 0 fully saturated rings. The van der Waals surface area contributed by atoms with Crippen LogP contribution in [-0.4, -0.2) is 38.2 Å². The largest absolute Gasteiger partial charge is 0.348 e. The number of para-hydroxylation sites is 1. The summed E-state index contributed by atoms with van der Waals surface area (Å²) < 4.78 is 40.9. The number of benzene rings is 3. The van der Waals surface area contributed by atoms with Crippen LogP contribution in [0.4, 0.5) is 10.1 Å². The van der Waals surface area contributed by atoms with E-state index in [4.69, 9.17) is 0 Å². The molecule has 0 saturated heterocycles. The summed E-state index contributed by atoms with van der Waals surface area (Å²) in [5, 5.41) is 2.76. The van der Waals surface area contributed by atoms with Crippen molar-refractivity contribution in [3.05, 3.63) is 95.3 Å². The van der Waals surface area contributed by atoms with Crippen molar-refractivity contribution in [1.29, 1.82) is 0 Å². The normalized spacial score (nSPS) is 11.2. The number of amides is 2. The van der Waals surface area contributed by atoms with E-state index < -0.39 is 15.8 Å². The molecule has 2 amide bonds. The SMILES string of the molecule is CC(C)N(C)C(=O)c1ccc(CNC(=O)c2ccc(S(=O)(=O)Nc3ccccc3F)cc2)cc1. The van der Waals surface area contributed by atoms with Crippen LogP contribution < -0.4 is 10.0 Å². The van der Waals surface area contributed by atoms with E-state index in [0.717, 1.165) is 11.6 Å². The lowest BCUT2D eigenvalue weighted by atomic mass is 10.1. The van der Waals surface area contributed by atoms with Crippen molar-refractivity contribution in [1.82, 2.24) is 10.2 Å². The minimum absolute atomic E-state index is 0.0786. The number of nitrogens with one attached hydrogen (secondary N) is 2. The molecule has 0 saturated carbocycles. The fourth-order valence-electron chi connectivity index (χ4n) is 3.02. The molecule has 2 N–H and O–H groups in total. The molecule has 0 heterocycles. The van der Waals surface area contributed by atoms with Gasteiger partial charge >= 0.3 is 0 Å². The first-order valence-electron chi connectivity index (χ1n) is 10.6. The van der Waals surface area contributed by atoms with Gasteiger partial charge in [-0.05, 0) is 67.9 Å². The van der Waals surface area contributed by atoms with Crippen molar-refractivity contribution in [2.45, 2.75) is 31.3 Å². The van der Waals surface area contributed by atoms with Gasteiger partial charge < -0.3 is 10.2 Å². The number of carbonyl (C=O) groups is 2. The van der Waals surface area contributed by atoms with Crippen LogP contribution in [0.1, 0.15) is 40.1 Å². The Morgan fingerprint density at radius 3 is 2.09 bits per heavy atom. The van der Waals surface area contributed by atoms with E-state index in [-0.39, 0.29) is 40.5 Å². The zero-order valence-electron chi connectivity index (χ0n) is 19.1. The molecule has 0 unspecified atom stereocenters. The number of nitrogens with zero attached hydrogens (tertiary/aromatic N) is 1. The molecular formula is C25H26FN3O4S. The van der Waals surface area contributed by atoms with Gasteiger partial charge in [0.15, 0.2) is 0 Å². The fraction of sp³-hybridized carbons (Fsp3) is 0.200. The third-order valence-corrected chi connectivity index (χ3v) is 6.68. The van der Waals surface area contributed by atoms with Crippen molar-refractivity contribution in [2.24, 2.45) is 0 Å². The molecule has 0 bridgehead atoms. The Morgan fingerprint density at radius 2 is 1.50 bits per heavy atom. The third-order valence-electron chi connectivity index (χ3n) is 5.29. The predicted octanol–water partition coefficient (Wildman–Crippen LogP) is 4.04. The number of carbonyl (C=O) groups excluding carboxylic acids is 2. The quantitative estimate of drug-likeness (QED) is 0.506. The Bertz CT molecular complexity index is 1270.